The maximum Gasteiger partial charge on any atom is 0.258 e. The molecule has 0 radical (unpaired) electrons. The highest BCUT2D eigenvalue weighted by atomic mass is 19.1. The molecule has 0 aliphatic carbocycles. The molecule has 2 heterocycles. The number of carbonyl (C=O) groups is 3. The van der Waals surface area contributed by atoms with Crippen LogP contribution in [0.15, 0.2) is 66.7 Å². The Hall–Kier alpha value is -4.40. The Morgan fingerprint density at radius 3 is 2.10 bits per heavy atom. The Bertz CT molecular complexity index is 1360. The zero-order valence-electron chi connectivity index (χ0n) is 21.9. The van der Waals surface area contributed by atoms with Crippen molar-refractivity contribution in [3.63, 3.8) is 0 Å². The van der Waals surface area contributed by atoms with Crippen LogP contribution in [0.4, 0.5) is 15.8 Å². The molecule has 2 aliphatic heterocycles. The molecule has 202 valence electrons. The predicted octanol–water partition coefficient (Wildman–Crippen LogP) is 4.29. The number of ether oxygens (including phenoxy) is 1. The molecule has 2 aliphatic rings. The minimum Gasteiger partial charge on any atom is -0.497 e. The molecule has 39 heavy (non-hydrogen) atoms. The van der Waals surface area contributed by atoms with Crippen LogP contribution in [0.2, 0.25) is 0 Å². The number of nitrogens with one attached hydrogen (secondary N) is 1. The second-order valence-electron chi connectivity index (χ2n) is 9.67. The van der Waals surface area contributed by atoms with Gasteiger partial charge >= 0.3 is 0 Å². The number of benzene rings is 3. The van der Waals surface area contributed by atoms with E-state index in [1.165, 1.54) is 18.2 Å². The minimum atomic E-state index is -0.609. The Morgan fingerprint density at radius 2 is 1.44 bits per heavy atom. The van der Waals surface area contributed by atoms with Gasteiger partial charge in [0.1, 0.15) is 11.6 Å². The lowest BCUT2D eigenvalue weighted by Gasteiger charge is -2.37. The zero-order chi connectivity index (χ0) is 27.4. The first-order valence-corrected chi connectivity index (χ1v) is 13.1. The summed E-state index contributed by atoms with van der Waals surface area (Å²) in [7, 11) is 1.59. The molecule has 0 unspecified atom stereocenters. The van der Waals surface area contributed by atoms with Crippen molar-refractivity contribution in [2.45, 2.75) is 12.8 Å². The number of piperazine rings is 1. The van der Waals surface area contributed by atoms with Crippen molar-refractivity contribution >= 4 is 29.1 Å². The van der Waals surface area contributed by atoms with E-state index in [2.05, 4.69) is 10.2 Å². The summed E-state index contributed by atoms with van der Waals surface area (Å²) in [5, 5.41) is 2.73. The number of likely N-dealkylation sites (tertiary alicyclic amines) is 1. The second-order valence-corrected chi connectivity index (χ2v) is 9.67. The van der Waals surface area contributed by atoms with E-state index in [0.29, 0.717) is 61.8 Å². The summed E-state index contributed by atoms with van der Waals surface area (Å²) in [4.78, 5) is 45.0. The number of amides is 3. The molecule has 2 fully saturated rings. The van der Waals surface area contributed by atoms with Gasteiger partial charge in [0.2, 0.25) is 0 Å². The van der Waals surface area contributed by atoms with E-state index in [-0.39, 0.29) is 17.4 Å². The number of halogens is 1. The summed E-state index contributed by atoms with van der Waals surface area (Å²) in [6.45, 7) is 3.51. The molecule has 3 aromatic carbocycles. The van der Waals surface area contributed by atoms with Gasteiger partial charge in [0.25, 0.3) is 17.7 Å². The van der Waals surface area contributed by atoms with Gasteiger partial charge in [0, 0.05) is 56.2 Å². The van der Waals surface area contributed by atoms with Crippen molar-refractivity contribution in [2.24, 2.45) is 0 Å². The lowest BCUT2D eigenvalue weighted by molar-refractivity contribution is 0.0743. The fourth-order valence-corrected chi connectivity index (χ4v) is 5.06. The molecule has 9 heteroatoms. The van der Waals surface area contributed by atoms with Crippen LogP contribution in [-0.4, -0.2) is 73.9 Å². The van der Waals surface area contributed by atoms with Crippen LogP contribution in [0.1, 0.15) is 43.9 Å². The van der Waals surface area contributed by atoms with Gasteiger partial charge < -0.3 is 24.8 Å². The van der Waals surface area contributed by atoms with Crippen molar-refractivity contribution in [2.75, 3.05) is 56.6 Å². The lowest BCUT2D eigenvalue weighted by Crippen LogP contribution is -2.49. The van der Waals surface area contributed by atoms with Crippen LogP contribution in [0.25, 0.3) is 0 Å². The third kappa shape index (κ3) is 5.72. The van der Waals surface area contributed by atoms with Crippen molar-refractivity contribution in [3.05, 3.63) is 89.2 Å². The second kappa shape index (κ2) is 11.6. The van der Waals surface area contributed by atoms with Crippen LogP contribution in [0.3, 0.4) is 0 Å². The standard InChI is InChI=1S/C30H31FN4O4/c1-39-23-11-8-21(9-12-23)29(37)35-18-16-33(17-19-35)27-13-10-22(20-25(27)30(38)34-14-4-5-15-34)32-28(36)24-6-2-3-7-26(24)31/h2-3,6-13,20H,4-5,14-19H2,1H3,(H,32,36). The Labute approximate surface area is 227 Å². The number of rotatable bonds is 6. The molecule has 2 saturated heterocycles. The third-order valence-electron chi connectivity index (χ3n) is 7.24. The Balaban J connectivity index is 1.34. The van der Waals surface area contributed by atoms with Crippen LogP contribution < -0.4 is 15.0 Å². The molecule has 0 atom stereocenters. The number of carbonyl (C=O) groups excluding carboxylic acids is 3. The molecule has 0 aromatic heterocycles. The molecule has 0 saturated carbocycles. The zero-order valence-corrected chi connectivity index (χ0v) is 21.9. The van der Waals surface area contributed by atoms with Crippen molar-refractivity contribution < 1.29 is 23.5 Å². The molecule has 8 nitrogen and oxygen atoms in total. The molecule has 5 rings (SSSR count). The quantitative estimate of drug-likeness (QED) is 0.515. The van der Waals surface area contributed by atoms with E-state index in [1.807, 2.05) is 15.9 Å². The van der Waals surface area contributed by atoms with E-state index in [1.54, 1.807) is 49.6 Å². The Morgan fingerprint density at radius 1 is 0.769 bits per heavy atom. The lowest BCUT2D eigenvalue weighted by atomic mass is 10.1. The molecule has 0 bridgehead atoms. The highest BCUT2D eigenvalue weighted by Gasteiger charge is 2.28. The van der Waals surface area contributed by atoms with Gasteiger partial charge in [0.05, 0.1) is 18.2 Å². The summed E-state index contributed by atoms with van der Waals surface area (Å²) in [6, 6.07) is 18.1. The van der Waals surface area contributed by atoms with E-state index in [4.69, 9.17) is 4.74 Å². The van der Waals surface area contributed by atoms with E-state index in [0.717, 1.165) is 18.5 Å². The normalized spacial score (nSPS) is 15.3. The van der Waals surface area contributed by atoms with Gasteiger partial charge in [-0.05, 0) is 67.4 Å². The number of hydrogen-bond acceptors (Lipinski definition) is 5. The Kier molecular flexibility index (Phi) is 7.76. The monoisotopic (exact) mass is 530 g/mol. The summed E-state index contributed by atoms with van der Waals surface area (Å²) in [5.74, 6) is -0.633. The summed E-state index contributed by atoms with van der Waals surface area (Å²) in [5.41, 5.74) is 2.20. The van der Waals surface area contributed by atoms with Crippen molar-refractivity contribution in [3.8, 4) is 5.75 Å². The van der Waals surface area contributed by atoms with Crippen molar-refractivity contribution in [1.29, 1.82) is 0 Å². The predicted molar refractivity (Wildman–Crippen MR) is 147 cm³/mol. The highest BCUT2D eigenvalue weighted by molar-refractivity contribution is 6.06. The smallest absolute Gasteiger partial charge is 0.258 e. The van der Waals surface area contributed by atoms with Gasteiger partial charge in [-0.1, -0.05) is 12.1 Å². The summed E-state index contributed by atoms with van der Waals surface area (Å²) < 4.78 is 19.3. The van der Waals surface area contributed by atoms with Crippen LogP contribution in [0.5, 0.6) is 5.75 Å². The van der Waals surface area contributed by atoms with Gasteiger partial charge in [-0.2, -0.15) is 0 Å². The average Bonchev–Trinajstić information content (AvgIpc) is 3.52. The fraction of sp³-hybridized carbons (Fsp3) is 0.300. The molecule has 3 aromatic rings. The van der Waals surface area contributed by atoms with Gasteiger partial charge in [0.15, 0.2) is 0 Å². The van der Waals surface area contributed by atoms with E-state index in [9.17, 15) is 18.8 Å². The minimum absolute atomic E-state index is 0.0446. The largest absolute Gasteiger partial charge is 0.497 e. The molecular weight excluding hydrogens is 499 g/mol. The SMILES string of the molecule is COc1ccc(C(=O)N2CCN(c3ccc(NC(=O)c4ccccc4F)cc3C(=O)N3CCCC3)CC2)cc1. The van der Waals surface area contributed by atoms with Gasteiger partial charge in [-0.3, -0.25) is 14.4 Å². The number of methoxy groups -OCH3 is 1. The van der Waals surface area contributed by atoms with Crippen LogP contribution in [0, 0.1) is 5.82 Å². The summed E-state index contributed by atoms with van der Waals surface area (Å²) >= 11 is 0. The highest BCUT2D eigenvalue weighted by Crippen LogP contribution is 2.29. The molecular formula is C30H31FN4O4. The third-order valence-corrected chi connectivity index (χ3v) is 7.24. The first-order chi connectivity index (χ1) is 18.9. The van der Waals surface area contributed by atoms with Crippen LogP contribution >= 0.6 is 0 Å². The topological polar surface area (TPSA) is 82.2 Å². The maximum atomic E-state index is 14.1. The number of nitrogens with zero attached hydrogens (tertiary/aromatic N) is 3. The molecule has 3 amide bonds. The number of anilines is 2. The number of hydrogen-bond donors (Lipinski definition) is 1. The van der Waals surface area contributed by atoms with E-state index >= 15 is 0 Å². The van der Waals surface area contributed by atoms with Crippen LogP contribution in [-0.2, 0) is 0 Å². The van der Waals surface area contributed by atoms with Gasteiger partial charge in [-0.15, -0.1) is 0 Å². The average molecular weight is 531 g/mol. The molecule has 1 N–H and O–H groups in total. The van der Waals surface area contributed by atoms with E-state index < -0.39 is 11.7 Å². The van der Waals surface area contributed by atoms with Crippen molar-refractivity contribution in [1.82, 2.24) is 9.80 Å². The summed E-state index contributed by atoms with van der Waals surface area (Å²) in [6.07, 6.45) is 1.91. The fourth-order valence-electron chi connectivity index (χ4n) is 5.06. The maximum absolute atomic E-state index is 14.1. The first-order valence-electron chi connectivity index (χ1n) is 13.1. The first kappa shape index (κ1) is 26.2. The molecule has 0 spiro atoms. The van der Waals surface area contributed by atoms with Gasteiger partial charge in [-0.25, -0.2) is 4.39 Å².